The van der Waals surface area contributed by atoms with Gasteiger partial charge in [0.1, 0.15) is 0 Å². The minimum Gasteiger partial charge on any atom is -0.312 e. The Balaban J connectivity index is 2.26. The van der Waals surface area contributed by atoms with Crippen LogP contribution in [-0.4, -0.2) is 21.3 Å². The maximum atomic E-state index is 4.73. The van der Waals surface area contributed by atoms with Crippen LogP contribution < -0.4 is 5.32 Å². The van der Waals surface area contributed by atoms with Crippen LogP contribution in [0.5, 0.6) is 0 Å². The van der Waals surface area contributed by atoms with E-state index in [-0.39, 0.29) is 0 Å². The van der Waals surface area contributed by atoms with E-state index in [0.717, 1.165) is 30.3 Å². The van der Waals surface area contributed by atoms with Crippen LogP contribution in [0.2, 0.25) is 0 Å². The van der Waals surface area contributed by atoms with Crippen molar-refractivity contribution in [2.24, 2.45) is 5.92 Å². The number of nitrogens with one attached hydrogen (secondary N) is 1. The fraction of sp³-hybridized carbons (Fsp3) is 0.529. The van der Waals surface area contributed by atoms with Crippen molar-refractivity contribution >= 4 is 0 Å². The summed E-state index contributed by atoms with van der Waals surface area (Å²) >= 11 is 0. The van der Waals surface area contributed by atoms with Crippen molar-refractivity contribution in [2.75, 3.05) is 6.54 Å². The molecule has 0 aliphatic carbocycles. The zero-order valence-corrected chi connectivity index (χ0v) is 13.7. The summed E-state index contributed by atoms with van der Waals surface area (Å²) in [4.78, 5) is 4.73. The summed E-state index contributed by atoms with van der Waals surface area (Å²) in [5.41, 5.74) is 3.38. The summed E-state index contributed by atoms with van der Waals surface area (Å²) in [7, 11) is 0. The number of aryl methyl sites for hydroxylation is 1. The second-order valence-corrected chi connectivity index (χ2v) is 6.34. The van der Waals surface area contributed by atoms with E-state index in [4.69, 9.17) is 4.98 Å². The third kappa shape index (κ3) is 4.39. The highest BCUT2D eigenvalue weighted by Gasteiger charge is 2.08. The summed E-state index contributed by atoms with van der Waals surface area (Å²) in [5, 5.41) is 7.96. The Hall–Kier alpha value is -1.68. The number of hydrogen-bond acceptors (Lipinski definition) is 3. The standard InChI is InChI=1S/C17H26N4/c1-12(2)10-18-11-15-8-16(13(3)4)19-17(9-15)21-7-6-14(5)20-21/h6-9,12-13,18H,10-11H2,1-5H3. The molecule has 0 saturated carbocycles. The highest BCUT2D eigenvalue weighted by Crippen LogP contribution is 2.17. The molecule has 4 heteroatoms. The van der Waals surface area contributed by atoms with Crippen LogP contribution in [0.15, 0.2) is 24.4 Å². The minimum atomic E-state index is 0.408. The smallest absolute Gasteiger partial charge is 0.153 e. The maximum absolute atomic E-state index is 4.73. The summed E-state index contributed by atoms with van der Waals surface area (Å²) in [5.74, 6) is 1.96. The number of nitrogens with zero attached hydrogens (tertiary/aromatic N) is 3. The molecule has 0 saturated heterocycles. The Morgan fingerprint density at radius 2 is 1.95 bits per heavy atom. The van der Waals surface area contributed by atoms with E-state index < -0.39 is 0 Å². The first-order valence-electron chi connectivity index (χ1n) is 7.70. The Labute approximate surface area is 127 Å². The van der Waals surface area contributed by atoms with Crippen molar-refractivity contribution in [3.63, 3.8) is 0 Å². The lowest BCUT2D eigenvalue weighted by Gasteiger charge is -2.13. The SMILES string of the molecule is Cc1ccn(-c2cc(CNCC(C)C)cc(C(C)C)n2)n1. The van der Waals surface area contributed by atoms with Gasteiger partial charge in [0.2, 0.25) is 0 Å². The molecule has 0 radical (unpaired) electrons. The molecule has 0 unspecified atom stereocenters. The molecule has 0 atom stereocenters. The zero-order chi connectivity index (χ0) is 15.4. The molecule has 0 aromatic carbocycles. The van der Waals surface area contributed by atoms with E-state index in [9.17, 15) is 0 Å². The summed E-state index contributed by atoms with van der Waals surface area (Å²) in [6.07, 6.45) is 1.97. The predicted octanol–water partition coefficient (Wildman–Crippen LogP) is 3.44. The van der Waals surface area contributed by atoms with Crippen LogP contribution in [-0.2, 0) is 6.54 Å². The largest absolute Gasteiger partial charge is 0.312 e. The van der Waals surface area contributed by atoms with E-state index in [2.05, 4.69) is 50.2 Å². The van der Waals surface area contributed by atoms with Crippen LogP contribution in [0.3, 0.4) is 0 Å². The molecule has 2 rings (SSSR count). The average Bonchev–Trinajstić information content (AvgIpc) is 2.84. The van der Waals surface area contributed by atoms with Gasteiger partial charge in [-0.2, -0.15) is 5.10 Å². The van der Waals surface area contributed by atoms with Crippen molar-refractivity contribution in [3.05, 3.63) is 41.3 Å². The highest BCUT2D eigenvalue weighted by atomic mass is 15.3. The second kappa shape index (κ2) is 6.85. The number of hydrogen-bond donors (Lipinski definition) is 1. The van der Waals surface area contributed by atoms with Crippen molar-refractivity contribution in [3.8, 4) is 5.82 Å². The molecule has 1 N–H and O–H groups in total. The van der Waals surface area contributed by atoms with Crippen molar-refractivity contribution < 1.29 is 0 Å². The first-order valence-corrected chi connectivity index (χ1v) is 7.70. The molecule has 114 valence electrons. The van der Waals surface area contributed by atoms with Crippen molar-refractivity contribution in [2.45, 2.75) is 47.1 Å². The van der Waals surface area contributed by atoms with E-state index in [0.29, 0.717) is 11.8 Å². The number of rotatable bonds is 6. The highest BCUT2D eigenvalue weighted by molar-refractivity contribution is 5.32. The van der Waals surface area contributed by atoms with Crippen LogP contribution in [0, 0.1) is 12.8 Å². The molecule has 0 amide bonds. The van der Waals surface area contributed by atoms with Gasteiger partial charge in [-0.05, 0) is 49.1 Å². The van der Waals surface area contributed by atoms with Crippen LogP contribution >= 0.6 is 0 Å². The molecule has 4 nitrogen and oxygen atoms in total. The van der Waals surface area contributed by atoms with Gasteiger partial charge in [-0.25, -0.2) is 9.67 Å². The lowest BCUT2D eigenvalue weighted by Crippen LogP contribution is -2.19. The minimum absolute atomic E-state index is 0.408. The van der Waals surface area contributed by atoms with Gasteiger partial charge in [0.15, 0.2) is 5.82 Å². The van der Waals surface area contributed by atoms with Gasteiger partial charge >= 0.3 is 0 Å². The quantitative estimate of drug-likeness (QED) is 0.884. The molecule has 0 aliphatic rings. The van der Waals surface area contributed by atoms with E-state index in [1.54, 1.807) is 0 Å². The maximum Gasteiger partial charge on any atom is 0.153 e. The molecule has 0 aliphatic heterocycles. The first-order chi connectivity index (χ1) is 9.95. The molecule has 0 bridgehead atoms. The molecule has 2 heterocycles. The normalized spacial score (nSPS) is 11.6. The average molecular weight is 286 g/mol. The Kier molecular flexibility index (Phi) is 5.12. The summed E-state index contributed by atoms with van der Waals surface area (Å²) in [6.45, 7) is 12.7. The van der Waals surface area contributed by atoms with Gasteiger partial charge < -0.3 is 5.32 Å². The Bertz CT molecular complexity index is 584. The lowest BCUT2D eigenvalue weighted by atomic mass is 10.1. The van der Waals surface area contributed by atoms with E-state index in [1.807, 2.05) is 23.9 Å². The number of aromatic nitrogens is 3. The van der Waals surface area contributed by atoms with Crippen molar-refractivity contribution in [1.29, 1.82) is 0 Å². The molecule has 21 heavy (non-hydrogen) atoms. The molecule has 0 spiro atoms. The monoisotopic (exact) mass is 286 g/mol. The molecule has 0 fully saturated rings. The number of pyridine rings is 1. The van der Waals surface area contributed by atoms with E-state index >= 15 is 0 Å². The molecule has 2 aromatic heterocycles. The second-order valence-electron chi connectivity index (χ2n) is 6.34. The first kappa shape index (κ1) is 15.7. The zero-order valence-electron chi connectivity index (χ0n) is 13.7. The summed E-state index contributed by atoms with van der Waals surface area (Å²) < 4.78 is 1.85. The molecule has 2 aromatic rings. The van der Waals surface area contributed by atoms with Gasteiger partial charge in [0, 0.05) is 18.4 Å². The Morgan fingerprint density at radius 3 is 2.52 bits per heavy atom. The third-order valence-corrected chi connectivity index (χ3v) is 3.32. The summed E-state index contributed by atoms with van der Waals surface area (Å²) in [6, 6.07) is 6.31. The molecular formula is C17H26N4. The van der Waals surface area contributed by atoms with Crippen LogP contribution in [0.25, 0.3) is 5.82 Å². The van der Waals surface area contributed by atoms with Gasteiger partial charge in [-0.3, -0.25) is 0 Å². The van der Waals surface area contributed by atoms with Crippen LogP contribution in [0.1, 0.15) is 50.6 Å². The van der Waals surface area contributed by atoms with Crippen molar-refractivity contribution in [1.82, 2.24) is 20.1 Å². The molecular weight excluding hydrogens is 260 g/mol. The topological polar surface area (TPSA) is 42.7 Å². The van der Waals surface area contributed by atoms with Gasteiger partial charge in [0.05, 0.1) is 5.69 Å². The predicted molar refractivity (Wildman–Crippen MR) is 86.7 cm³/mol. The Morgan fingerprint density at radius 1 is 1.19 bits per heavy atom. The van der Waals surface area contributed by atoms with Gasteiger partial charge in [0.25, 0.3) is 0 Å². The fourth-order valence-electron chi connectivity index (χ4n) is 2.16. The third-order valence-electron chi connectivity index (χ3n) is 3.32. The van der Waals surface area contributed by atoms with Gasteiger partial charge in [-0.15, -0.1) is 0 Å². The fourth-order valence-corrected chi connectivity index (χ4v) is 2.16. The van der Waals surface area contributed by atoms with Crippen LogP contribution in [0.4, 0.5) is 0 Å². The van der Waals surface area contributed by atoms with E-state index in [1.165, 1.54) is 5.56 Å². The van der Waals surface area contributed by atoms with Gasteiger partial charge in [-0.1, -0.05) is 27.7 Å². The lowest BCUT2D eigenvalue weighted by molar-refractivity contribution is 0.551.